The Bertz CT molecular complexity index is 309. The van der Waals surface area contributed by atoms with E-state index in [0.29, 0.717) is 6.04 Å². The molecule has 1 aliphatic heterocycles. The van der Waals surface area contributed by atoms with E-state index < -0.39 is 15.9 Å². The SMILES string of the molecule is O=S1(=O)C[C@@H](O)[C@@H](NC2CCCCC2)C1. The molecule has 0 amide bonds. The van der Waals surface area contributed by atoms with Crippen LogP contribution in [0.1, 0.15) is 32.1 Å². The maximum Gasteiger partial charge on any atom is 0.154 e. The molecule has 2 aliphatic rings. The third-order valence-electron chi connectivity index (χ3n) is 3.38. The lowest BCUT2D eigenvalue weighted by Gasteiger charge is -2.27. The number of aliphatic hydroxyl groups excluding tert-OH is 1. The molecule has 4 nitrogen and oxygen atoms in total. The van der Waals surface area contributed by atoms with Gasteiger partial charge in [-0.1, -0.05) is 19.3 Å². The molecule has 5 heteroatoms. The van der Waals surface area contributed by atoms with Crippen LogP contribution < -0.4 is 5.32 Å². The Kier molecular flexibility index (Phi) is 3.33. The Morgan fingerprint density at radius 1 is 1.07 bits per heavy atom. The molecule has 0 aromatic heterocycles. The quantitative estimate of drug-likeness (QED) is 0.708. The van der Waals surface area contributed by atoms with Crippen LogP contribution in [-0.4, -0.2) is 43.2 Å². The maximum atomic E-state index is 11.3. The average molecular weight is 233 g/mol. The van der Waals surface area contributed by atoms with Crippen LogP contribution in [-0.2, 0) is 9.84 Å². The lowest BCUT2D eigenvalue weighted by molar-refractivity contribution is 0.153. The second kappa shape index (κ2) is 4.39. The first-order valence-corrected chi connectivity index (χ1v) is 7.53. The Balaban J connectivity index is 1.89. The molecule has 2 N–H and O–H groups in total. The lowest BCUT2D eigenvalue weighted by Crippen LogP contribution is -2.45. The van der Waals surface area contributed by atoms with Crippen LogP contribution >= 0.6 is 0 Å². The van der Waals surface area contributed by atoms with Crippen LogP contribution in [0.5, 0.6) is 0 Å². The molecule has 88 valence electrons. The summed E-state index contributed by atoms with van der Waals surface area (Å²) < 4.78 is 22.6. The molecular formula is C10H19NO3S. The summed E-state index contributed by atoms with van der Waals surface area (Å²) in [6, 6.07) is 0.171. The van der Waals surface area contributed by atoms with Crippen molar-refractivity contribution in [3.05, 3.63) is 0 Å². The highest BCUT2D eigenvalue weighted by atomic mass is 32.2. The fourth-order valence-corrected chi connectivity index (χ4v) is 4.31. The fraction of sp³-hybridized carbons (Fsp3) is 1.00. The average Bonchev–Trinajstić information content (AvgIpc) is 2.41. The van der Waals surface area contributed by atoms with Crippen LogP contribution in [0.25, 0.3) is 0 Å². The van der Waals surface area contributed by atoms with Crippen LogP contribution in [0.2, 0.25) is 0 Å². The predicted molar refractivity (Wildman–Crippen MR) is 58.5 cm³/mol. The first-order chi connectivity index (χ1) is 7.07. The molecule has 0 unspecified atom stereocenters. The third kappa shape index (κ3) is 2.92. The van der Waals surface area contributed by atoms with E-state index in [1.54, 1.807) is 0 Å². The summed E-state index contributed by atoms with van der Waals surface area (Å²) >= 11 is 0. The lowest BCUT2D eigenvalue weighted by atomic mass is 9.94. The molecule has 1 aliphatic carbocycles. The van der Waals surface area contributed by atoms with Gasteiger partial charge in [-0.3, -0.25) is 0 Å². The molecule has 0 radical (unpaired) electrons. The standard InChI is InChI=1S/C10H19NO3S/c12-10-7-15(13,14)6-9(10)11-8-4-2-1-3-5-8/h8-12H,1-7H2/t9-,10+/m0/s1. The van der Waals surface area contributed by atoms with E-state index in [0.717, 1.165) is 12.8 Å². The van der Waals surface area contributed by atoms with Crippen molar-refractivity contribution >= 4 is 9.84 Å². The van der Waals surface area contributed by atoms with E-state index in [4.69, 9.17) is 0 Å². The monoisotopic (exact) mass is 233 g/mol. The van der Waals surface area contributed by atoms with Crippen LogP contribution in [0.15, 0.2) is 0 Å². The van der Waals surface area contributed by atoms with Gasteiger partial charge in [-0.15, -0.1) is 0 Å². The van der Waals surface area contributed by atoms with Crippen LogP contribution in [0, 0.1) is 0 Å². The van der Waals surface area contributed by atoms with E-state index >= 15 is 0 Å². The zero-order chi connectivity index (χ0) is 10.9. The topological polar surface area (TPSA) is 66.4 Å². The molecule has 15 heavy (non-hydrogen) atoms. The van der Waals surface area contributed by atoms with Crippen molar-refractivity contribution in [2.75, 3.05) is 11.5 Å². The first kappa shape index (κ1) is 11.4. The molecule has 0 spiro atoms. The largest absolute Gasteiger partial charge is 0.390 e. The molecule has 1 heterocycles. The number of nitrogens with one attached hydrogen (secondary N) is 1. The highest BCUT2D eigenvalue weighted by Gasteiger charge is 2.37. The molecule has 0 aromatic carbocycles. The van der Waals surface area contributed by atoms with Gasteiger partial charge in [-0.2, -0.15) is 0 Å². The van der Waals surface area contributed by atoms with Gasteiger partial charge < -0.3 is 10.4 Å². The van der Waals surface area contributed by atoms with Crippen molar-refractivity contribution in [1.82, 2.24) is 5.32 Å². The second-order valence-electron chi connectivity index (χ2n) is 4.75. The minimum Gasteiger partial charge on any atom is -0.390 e. The van der Waals surface area contributed by atoms with E-state index in [1.165, 1.54) is 19.3 Å². The number of rotatable bonds is 2. The van der Waals surface area contributed by atoms with Gasteiger partial charge in [0.15, 0.2) is 9.84 Å². The van der Waals surface area contributed by atoms with E-state index in [2.05, 4.69) is 5.32 Å². The van der Waals surface area contributed by atoms with Gasteiger partial charge >= 0.3 is 0 Å². The first-order valence-electron chi connectivity index (χ1n) is 5.71. The molecule has 2 rings (SSSR count). The number of sulfone groups is 1. The molecule has 0 bridgehead atoms. The molecule has 0 aromatic rings. The minimum atomic E-state index is -3.01. The highest BCUT2D eigenvalue weighted by Crippen LogP contribution is 2.20. The summed E-state index contributed by atoms with van der Waals surface area (Å²) in [5.41, 5.74) is 0. The Morgan fingerprint density at radius 2 is 1.73 bits per heavy atom. The summed E-state index contributed by atoms with van der Waals surface area (Å²) in [5, 5.41) is 12.9. The van der Waals surface area contributed by atoms with Crippen molar-refractivity contribution in [3.8, 4) is 0 Å². The number of hydrogen-bond acceptors (Lipinski definition) is 4. The Morgan fingerprint density at radius 3 is 2.27 bits per heavy atom. The molecule has 2 fully saturated rings. The van der Waals surface area contributed by atoms with Gasteiger partial charge in [-0.25, -0.2) is 8.42 Å². The van der Waals surface area contributed by atoms with Gasteiger partial charge in [0.1, 0.15) is 0 Å². The summed E-state index contributed by atoms with van der Waals surface area (Å²) in [7, 11) is -3.01. The zero-order valence-electron chi connectivity index (χ0n) is 8.85. The fourth-order valence-electron chi connectivity index (χ4n) is 2.56. The molecule has 1 saturated carbocycles. The van der Waals surface area contributed by atoms with Crippen LogP contribution in [0.3, 0.4) is 0 Å². The maximum absolute atomic E-state index is 11.3. The van der Waals surface area contributed by atoms with Gasteiger partial charge in [0.2, 0.25) is 0 Å². The highest BCUT2D eigenvalue weighted by molar-refractivity contribution is 7.91. The molecular weight excluding hydrogens is 214 g/mol. The van der Waals surface area contributed by atoms with Crippen LogP contribution in [0.4, 0.5) is 0 Å². The van der Waals surface area contributed by atoms with Gasteiger partial charge in [-0.05, 0) is 12.8 Å². The molecule has 1 saturated heterocycles. The van der Waals surface area contributed by atoms with Gasteiger partial charge in [0.25, 0.3) is 0 Å². The molecule has 2 atom stereocenters. The number of hydrogen-bond donors (Lipinski definition) is 2. The van der Waals surface area contributed by atoms with Crippen molar-refractivity contribution in [3.63, 3.8) is 0 Å². The predicted octanol–water partition coefficient (Wildman–Crippen LogP) is 0.0666. The van der Waals surface area contributed by atoms with E-state index in [-0.39, 0.29) is 17.5 Å². The van der Waals surface area contributed by atoms with Gasteiger partial charge in [0.05, 0.1) is 17.6 Å². The van der Waals surface area contributed by atoms with Gasteiger partial charge in [0, 0.05) is 12.1 Å². The van der Waals surface area contributed by atoms with Crippen molar-refractivity contribution in [2.24, 2.45) is 0 Å². The number of aliphatic hydroxyl groups is 1. The summed E-state index contributed by atoms with van der Waals surface area (Å²) in [6.07, 6.45) is 5.23. The van der Waals surface area contributed by atoms with E-state index in [1.807, 2.05) is 0 Å². The zero-order valence-corrected chi connectivity index (χ0v) is 9.67. The Hall–Kier alpha value is -0.130. The summed E-state index contributed by atoms with van der Waals surface area (Å²) in [4.78, 5) is 0. The normalized spacial score (nSPS) is 36.9. The third-order valence-corrected chi connectivity index (χ3v) is 5.09. The second-order valence-corrected chi connectivity index (χ2v) is 6.91. The smallest absolute Gasteiger partial charge is 0.154 e. The van der Waals surface area contributed by atoms with Crippen molar-refractivity contribution in [1.29, 1.82) is 0 Å². The summed E-state index contributed by atoms with van der Waals surface area (Å²) in [5.74, 6) is 0.0298. The van der Waals surface area contributed by atoms with E-state index in [9.17, 15) is 13.5 Å². The van der Waals surface area contributed by atoms with Crippen molar-refractivity contribution < 1.29 is 13.5 Å². The Labute approximate surface area is 91.0 Å². The van der Waals surface area contributed by atoms with Crippen molar-refractivity contribution in [2.45, 2.75) is 50.3 Å². The summed E-state index contributed by atoms with van der Waals surface area (Å²) in [6.45, 7) is 0. The minimum absolute atomic E-state index is 0.0720.